The molecule has 0 saturated heterocycles. The molecule has 2 nitrogen and oxygen atoms in total. The van der Waals surface area contributed by atoms with Gasteiger partial charge in [-0.15, -0.1) is 0 Å². The summed E-state index contributed by atoms with van der Waals surface area (Å²) in [5.41, 5.74) is 0. The Morgan fingerprint density at radius 2 is 0.833 bits per heavy atom. The lowest BCUT2D eigenvalue weighted by Crippen LogP contribution is -2.27. The first-order valence-electron chi connectivity index (χ1n) is 1.79. The molecule has 0 rings (SSSR count). The van der Waals surface area contributed by atoms with Gasteiger partial charge in [0.2, 0.25) is 0 Å². The van der Waals surface area contributed by atoms with E-state index >= 15 is 0 Å². The van der Waals surface area contributed by atoms with Gasteiger partial charge in [-0.25, -0.2) is 0 Å². The third kappa shape index (κ3) is 5220. The van der Waals surface area contributed by atoms with Crippen LogP contribution in [0.2, 0.25) is 0 Å². The minimum Gasteiger partial charge on any atom is -0.344 e. The maximum absolute atomic E-state index is 2.12. The summed E-state index contributed by atoms with van der Waals surface area (Å²) in [5, 5.41) is 0. The van der Waals surface area contributed by atoms with Crippen LogP contribution in [0.1, 0.15) is 0 Å². The van der Waals surface area contributed by atoms with Crippen LogP contribution in [-0.2, 0) is 0 Å². The Balaban J connectivity index is 0. The maximum atomic E-state index is 2.12. The Morgan fingerprint density at radius 1 is 0.833 bits per heavy atom. The molecule has 0 heterocycles. The number of quaternary nitrogens is 1. The first-order chi connectivity index (χ1) is 2.00. The fraction of sp³-hybridized carbons (Fsp3) is 1.00. The quantitative estimate of drug-likeness (QED) is 0.432. The van der Waals surface area contributed by atoms with E-state index in [1.807, 2.05) is 0 Å². The molecule has 0 atom stereocenters. The molecule has 0 bridgehead atoms. The molecule has 0 radical (unpaired) electrons. The molecule has 0 fully saturated rings. The molecule has 2 heteroatoms. The smallest absolute Gasteiger partial charge is 0.0675 e. The van der Waals surface area contributed by atoms with Crippen molar-refractivity contribution in [2.45, 2.75) is 0 Å². The molecule has 0 aromatic rings. The summed E-state index contributed by atoms with van der Waals surface area (Å²) in [6, 6.07) is 0. The summed E-state index contributed by atoms with van der Waals surface area (Å²) < 4.78 is 1.00. The van der Waals surface area contributed by atoms with Crippen LogP contribution in [-0.4, -0.2) is 32.7 Å². The highest BCUT2D eigenvalue weighted by Gasteiger charge is 1.88. The number of hydrogen-bond donors (Lipinski definition) is 1. The highest BCUT2D eigenvalue weighted by atomic mass is 15.2. The molecule has 6 heavy (non-hydrogen) atoms. The van der Waals surface area contributed by atoms with Crippen molar-refractivity contribution in [2.24, 2.45) is 0 Å². The van der Waals surface area contributed by atoms with Gasteiger partial charge in [0.1, 0.15) is 0 Å². The van der Waals surface area contributed by atoms with Crippen molar-refractivity contribution in [3.05, 3.63) is 0 Å². The van der Waals surface area contributed by atoms with Crippen LogP contribution in [0, 0.1) is 0 Å². The summed E-state index contributed by atoms with van der Waals surface area (Å²) in [5.74, 6) is 0. The molecular formula is C4H15N2+. The van der Waals surface area contributed by atoms with Gasteiger partial charge in [0.25, 0.3) is 0 Å². The van der Waals surface area contributed by atoms with Crippen molar-refractivity contribution in [3.8, 4) is 0 Å². The molecule has 0 aliphatic heterocycles. The standard InChI is InChI=1S/C4H12N.H3N/c1-5(2,3)4;/h1-4H3;1H3/q+1;. The Morgan fingerprint density at radius 3 is 0.833 bits per heavy atom. The van der Waals surface area contributed by atoms with Gasteiger partial charge in [-0.2, -0.15) is 0 Å². The number of rotatable bonds is 0. The summed E-state index contributed by atoms with van der Waals surface area (Å²) >= 11 is 0. The summed E-state index contributed by atoms with van der Waals surface area (Å²) in [4.78, 5) is 0. The van der Waals surface area contributed by atoms with Crippen LogP contribution in [0.5, 0.6) is 0 Å². The predicted octanol–water partition coefficient (Wildman–Crippen LogP) is 0.484. The minimum atomic E-state index is 0. The molecule has 0 aliphatic rings. The van der Waals surface area contributed by atoms with Crippen LogP contribution in [0.3, 0.4) is 0 Å². The van der Waals surface area contributed by atoms with Crippen LogP contribution in [0.4, 0.5) is 0 Å². The monoisotopic (exact) mass is 91.1 g/mol. The van der Waals surface area contributed by atoms with E-state index < -0.39 is 0 Å². The van der Waals surface area contributed by atoms with E-state index in [0.717, 1.165) is 4.48 Å². The molecule has 0 aromatic heterocycles. The van der Waals surface area contributed by atoms with Crippen molar-refractivity contribution in [1.82, 2.24) is 6.15 Å². The lowest BCUT2D eigenvalue weighted by molar-refractivity contribution is -0.849. The minimum absolute atomic E-state index is 0. The van der Waals surface area contributed by atoms with E-state index in [-0.39, 0.29) is 6.15 Å². The van der Waals surface area contributed by atoms with E-state index in [4.69, 9.17) is 0 Å². The Bertz CT molecular complexity index is 21.0. The Kier molecular flexibility index (Phi) is 3.35. The fourth-order valence-corrected chi connectivity index (χ4v) is 0. The van der Waals surface area contributed by atoms with E-state index in [2.05, 4.69) is 28.2 Å². The largest absolute Gasteiger partial charge is 0.344 e. The van der Waals surface area contributed by atoms with Crippen molar-refractivity contribution in [2.75, 3.05) is 28.2 Å². The highest BCUT2D eigenvalue weighted by Crippen LogP contribution is 1.73. The van der Waals surface area contributed by atoms with Crippen LogP contribution in [0.15, 0.2) is 0 Å². The van der Waals surface area contributed by atoms with Gasteiger partial charge in [-0.1, -0.05) is 0 Å². The van der Waals surface area contributed by atoms with Gasteiger partial charge < -0.3 is 10.6 Å². The average Bonchev–Trinajstić information content (AvgIpc) is 0.722. The summed E-state index contributed by atoms with van der Waals surface area (Å²) in [7, 11) is 8.50. The second-order valence-electron chi connectivity index (χ2n) is 2.68. The fourth-order valence-electron chi connectivity index (χ4n) is 0. The lowest BCUT2D eigenvalue weighted by Gasteiger charge is -2.14. The highest BCUT2D eigenvalue weighted by molar-refractivity contribution is 3.87. The third-order valence-electron chi connectivity index (χ3n) is 0. The molecular weight excluding hydrogens is 76.1 g/mol. The third-order valence-corrected chi connectivity index (χ3v) is 0. The van der Waals surface area contributed by atoms with E-state index in [1.54, 1.807) is 0 Å². The molecule has 0 aromatic carbocycles. The molecule has 0 saturated carbocycles. The zero-order valence-corrected chi connectivity index (χ0v) is 5.15. The van der Waals surface area contributed by atoms with Crippen molar-refractivity contribution in [1.29, 1.82) is 0 Å². The Labute approximate surface area is 39.9 Å². The first-order valence-corrected chi connectivity index (χ1v) is 1.79. The molecule has 0 amide bonds. The maximum Gasteiger partial charge on any atom is 0.0675 e. The van der Waals surface area contributed by atoms with Gasteiger partial charge in [0.05, 0.1) is 28.2 Å². The van der Waals surface area contributed by atoms with E-state index in [9.17, 15) is 0 Å². The Hall–Kier alpha value is -0.0800. The summed E-state index contributed by atoms with van der Waals surface area (Å²) in [6.45, 7) is 0. The topological polar surface area (TPSA) is 35.0 Å². The zero-order valence-electron chi connectivity index (χ0n) is 5.15. The van der Waals surface area contributed by atoms with E-state index in [0.29, 0.717) is 0 Å². The van der Waals surface area contributed by atoms with Crippen molar-refractivity contribution < 1.29 is 4.48 Å². The van der Waals surface area contributed by atoms with Gasteiger partial charge in [-0.3, -0.25) is 0 Å². The average molecular weight is 91.2 g/mol. The zero-order chi connectivity index (χ0) is 4.50. The van der Waals surface area contributed by atoms with Gasteiger partial charge in [0.15, 0.2) is 0 Å². The second kappa shape index (κ2) is 2.16. The van der Waals surface area contributed by atoms with Crippen molar-refractivity contribution >= 4 is 0 Å². The van der Waals surface area contributed by atoms with Gasteiger partial charge in [-0.05, 0) is 0 Å². The van der Waals surface area contributed by atoms with Crippen LogP contribution in [0.25, 0.3) is 0 Å². The molecule has 3 N–H and O–H groups in total. The molecule has 40 valence electrons. The number of nitrogens with zero attached hydrogens (tertiary/aromatic N) is 1. The van der Waals surface area contributed by atoms with Crippen LogP contribution >= 0.6 is 0 Å². The lowest BCUT2D eigenvalue weighted by atomic mass is 10.8. The summed E-state index contributed by atoms with van der Waals surface area (Å²) in [6.07, 6.45) is 0. The molecule has 0 aliphatic carbocycles. The SMILES string of the molecule is C[N+](C)(C)C.N. The van der Waals surface area contributed by atoms with Crippen LogP contribution < -0.4 is 6.15 Å². The molecule has 0 unspecified atom stereocenters. The molecule has 0 spiro atoms. The first kappa shape index (κ1) is 9.33. The normalized spacial score (nSPS) is 10.0. The second-order valence-corrected chi connectivity index (χ2v) is 2.68. The van der Waals surface area contributed by atoms with Crippen molar-refractivity contribution in [3.63, 3.8) is 0 Å². The number of hydrogen-bond acceptors (Lipinski definition) is 1. The van der Waals surface area contributed by atoms with Gasteiger partial charge >= 0.3 is 0 Å². The predicted molar refractivity (Wildman–Crippen MR) is 29.0 cm³/mol. The van der Waals surface area contributed by atoms with E-state index in [1.165, 1.54) is 0 Å². The van der Waals surface area contributed by atoms with Gasteiger partial charge in [0, 0.05) is 0 Å².